The molecule has 0 aromatic carbocycles. The third kappa shape index (κ3) is 4.51. The molecule has 3 N–H and O–H groups in total. The van der Waals surface area contributed by atoms with E-state index in [1.807, 2.05) is 0 Å². The molecule has 9 heteroatoms. The number of anilines is 1. The third-order valence-corrected chi connectivity index (χ3v) is 5.33. The third-order valence-electron chi connectivity index (χ3n) is 5.33. The van der Waals surface area contributed by atoms with E-state index in [1.165, 1.54) is 11.0 Å². The molecule has 3 aliphatic rings. The number of hydrogen-bond donors (Lipinski definition) is 2. The van der Waals surface area contributed by atoms with Gasteiger partial charge in [0.25, 0.3) is 11.8 Å². The highest BCUT2D eigenvalue weighted by Gasteiger charge is 2.45. The molecule has 0 bridgehead atoms. The number of halogens is 2. The molecule has 152 valence electrons. The summed E-state index contributed by atoms with van der Waals surface area (Å²) in [4.78, 5) is 29.9. The molecule has 2 saturated carbocycles. The van der Waals surface area contributed by atoms with Crippen molar-refractivity contribution in [2.75, 3.05) is 24.6 Å². The van der Waals surface area contributed by atoms with Crippen LogP contribution in [0.5, 0.6) is 5.88 Å². The molecule has 0 radical (unpaired) electrons. The van der Waals surface area contributed by atoms with Gasteiger partial charge in [-0.05, 0) is 43.2 Å². The lowest BCUT2D eigenvalue weighted by Crippen LogP contribution is -2.56. The van der Waals surface area contributed by atoms with Crippen LogP contribution in [0.1, 0.15) is 42.6 Å². The number of nitrogens with one attached hydrogen (secondary N) is 1. The van der Waals surface area contributed by atoms with Crippen LogP contribution in [0.25, 0.3) is 0 Å². The van der Waals surface area contributed by atoms with Gasteiger partial charge >= 0.3 is 0 Å². The average molecular weight is 394 g/mol. The lowest BCUT2D eigenvalue weighted by Gasteiger charge is -2.40. The number of carbonyl (C=O) groups excluding carboxylic acids is 2. The molecule has 4 rings (SSSR count). The molecule has 2 amide bonds. The number of nitrogens with two attached hydrogens (primary N) is 1. The Labute approximate surface area is 161 Å². The zero-order chi connectivity index (χ0) is 19.9. The van der Waals surface area contributed by atoms with Crippen molar-refractivity contribution in [2.24, 2.45) is 17.6 Å². The maximum atomic E-state index is 13.3. The summed E-state index contributed by atoms with van der Waals surface area (Å²) in [5.41, 5.74) is 5.92. The number of pyridine rings is 1. The molecule has 1 aromatic heterocycles. The normalized spacial score (nSPS) is 21.6. The molecule has 1 atom stereocenters. The molecule has 0 spiro atoms. The van der Waals surface area contributed by atoms with E-state index in [0.717, 1.165) is 25.7 Å². The number of amides is 2. The lowest BCUT2D eigenvalue weighted by molar-refractivity contribution is -0.120. The van der Waals surface area contributed by atoms with Crippen molar-refractivity contribution in [2.45, 2.75) is 44.1 Å². The van der Waals surface area contributed by atoms with Gasteiger partial charge < -0.3 is 20.7 Å². The number of carbonyl (C=O) groups is 2. The van der Waals surface area contributed by atoms with Crippen molar-refractivity contribution < 1.29 is 23.1 Å². The quantitative estimate of drug-likeness (QED) is 0.665. The highest BCUT2D eigenvalue weighted by atomic mass is 19.3. The predicted molar refractivity (Wildman–Crippen MR) is 97.4 cm³/mol. The number of primary amides is 1. The summed E-state index contributed by atoms with van der Waals surface area (Å²) in [5, 5.41) is 2.63. The van der Waals surface area contributed by atoms with Crippen molar-refractivity contribution in [1.29, 1.82) is 0 Å². The van der Waals surface area contributed by atoms with E-state index in [2.05, 4.69) is 10.3 Å². The smallest absolute Gasteiger partial charge is 0.282 e. The first kappa shape index (κ1) is 18.9. The zero-order valence-corrected chi connectivity index (χ0v) is 15.5. The number of alkyl halides is 2. The van der Waals surface area contributed by atoms with Gasteiger partial charge in [-0.1, -0.05) is 12.8 Å². The molecule has 3 fully saturated rings. The first-order chi connectivity index (χ1) is 13.3. The van der Waals surface area contributed by atoms with Crippen LogP contribution in [0.2, 0.25) is 0 Å². The van der Waals surface area contributed by atoms with E-state index in [4.69, 9.17) is 10.5 Å². The van der Waals surface area contributed by atoms with Crippen molar-refractivity contribution in [3.63, 3.8) is 0 Å². The summed E-state index contributed by atoms with van der Waals surface area (Å²) < 4.78 is 32.2. The van der Waals surface area contributed by atoms with E-state index in [1.54, 1.807) is 6.07 Å². The number of ether oxygens (including phenoxy) is 1. The van der Waals surface area contributed by atoms with Crippen LogP contribution in [0.15, 0.2) is 12.1 Å². The first-order valence-corrected chi connectivity index (χ1v) is 9.67. The topological polar surface area (TPSA) is 97.5 Å². The molecule has 7 nitrogen and oxygen atoms in total. The van der Waals surface area contributed by atoms with Crippen molar-refractivity contribution in [3.05, 3.63) is 17.8 Å². The Morgan fingerprint density at radius 1 is 1.25 bits per heavy atom. The van der Waals surface area contributed by atoms with Gasteiger partial charge in [-0.25, -0.2) is 13.8 Å². The monoisotopic (exact) mass is 394 g/mol. The molecule has 28 heavy (non-hydrogen) atoms. The molecule has 2 aliphatic carbocycles. The van der Waals surface area contributed by atoms with E-state index >= 15 is 0 Å². The minimum atomic E-state index is -2.72. The van der Waals surface area contributed by atoms with Gasteiger partial charge in [0.2, 0.25) is 11.8 Å². The minimum absolute atomic E-state index is 0.0730. The van der Waals surface area contributed by atoms with Crippen molar-refractivity contribution >= 4 is 17.5 Å². The highest BCUT2D eigenvalue weighted by Crippen LogP contribution is 2.38. The second-order valence-electron chi connectivity index (χ2n) is 8.09. The molecule has 1 saturated heterocycles. The summed E-state index contributed by atoms with van der Waals surface area (Å²) in [6.45, 7) is -0.350. The number of aromatic nitrogens is 1. The second kappa shape index (κ2) is 7.18. The van der Waals surface area contributed by atoms with E-state index < -0.39 is 36.9 Å². The standard InChI is InChI=1S/C19H24F2N4O3/c20-19(21)9-25(10-19)15-6-5-13(24-18(15)28-8-12-3-4-12)17(27)23-14(16(22)26)7-11-1-2-11/h5-6,11-12,14H,1-4,7-10H2,(H2,22,26)(H,23,27). The van der Waals surface area contributed by atoms with Gasteiger partial charge in [0.1, 0.15) is 17.4 Å². The molecule has 1 unspecified atom stereocenters. The van der Waals surface area contributed by atoms with Gasteiger partial charge in [-0.2, -0.15) is 0 Å². The maximum Gasteiger partial charge on any atom is 0.282 e. The molecule has 1 aromatic rings. The van der Waals surface area contributed by atoms with Gasteiger partial charge in [0.15, 0.2) is 0 Å². The van der Waals surface area contributed by atoms with Crippen LogP contribution in [0.4, 0.5) is 14.5 Å². The molecular weight excluding hydrogens is 370 g/mol. The highest BCUT2D eigenvalue weighted by molar-refractivity contribution is 5.96. The SMILES string of the molecule is NC(=O)C(CC1CC1)NC(=O)c1ccc(N2CC(F)(F)C2)c(OCC2CC2)n1. The average Bonchev–Trinajstić information content (AvgIpc) is 3.51. The largest absolute Gasteiger partial charge is 0.476 e. The first-order valence-electron chi connectivity index (χ1n) is 9.67. The Morgan fingerprint density at radius 3 is 2.50 bits per heavy atom. The fraction of sp³-hybridized carbons (Fsp3) is 0.632. The minimum Gasteiger partial charge on any atom is -0.476 e. The van der Waals surface area contributed by atoms with Gasteiger partial charge in [-0.3, -0.25) is 9.59 Å². The van der Waals surface area contributed by atoms with Crippen LogP contribution in [0, 0.1) is 11.8 Å². The van der Waals surface area contributed by atoms with Crippen molar-refractivity contribution in [1.82, 2.24) is 10.3 Å². The van der Waals surface area contributed by atoms with Crippen LogP contribution in [0.3, 0.4) is 0 Å². The Kier molecular flexibility index (Phi) is 4.84. The second-order valence-corrected chi connectivity index (χ2v) is 8.09. The molecular formula is C19H24F2N4O3. The predicted octanol–water partition coefficient (Wildman–Crippen LogP) is 1.71. The van der Waals surface area contributed by atoms with E-state index in [-0.39, 0.29) is 11.6 Å². The molecule has 2 heterocycles. The Morgan fingerprint density at radius 2 is 1.93 bits per heavy atom. The summed E-state index contributed by atoms with van der Waals surface area (Å²) in [6, 6.07) is 2.28. The summed E-state index contributed by atoms with van der Waals surface area (Å²) in [5.74, 6) is -2.79. The zero-order valence-electron chi connectivity index (χ0n) is 15.5. The van der Waals surface area contributed by atoms with E-state index in [9.17, 15) is 18.4 Å². The van der Waals surface area contributed by atoms with Crippen LogP contribution < -0.4 is 20.7 Å². The fourth-order valence-electron chi connectivity index (χ4n) is 3.24. The summed E-state index contributed by atoms with van der Waals surface area (Å²) in [7, 11) is 0. The van der Waals surface area contributed by atoms with Gasteiger partial charge in [0.05, 0.1) is 19.7 Å². The molecule has 1 aliphatic heterocycles. The number of rotatable bonds is 9. The number of nitrogens with zero attached hydrogens (tertiary/aromatic N) is 2. The summed E-state index contributed by atoms with van der Waals surface area (Å²) in [6.07, 6.45) is 4.73. The van der Waals surface area contributed by atoms with Crippen LogP contribution in [-0.4, -0.2) is 48.5 Å². The fourth-order valence-corrected chi connectivity index (χ4v) is 3.24. The van der Waals surface area contributed by atoms with Crippen LogP contribution in [-0.2, 0) is 4.79 Å². The van der Waals surface area contributed by atoms with E-state index in [0.29, 0.717) is 30.6 Å². The maximum absolute atomic E-state index is 13.3. The Balaban J connectivity index is 1.48. The Hall–Kier alpha value is -2.45. The van der Waals surface area contributed by atoms with Crippen molar-refractivity contribution in [3.8, 4) is 5.88 Å². The summed E-state index contributed by atoms with van der Waals surface area (Å²) >= 11 is 0. The number of hydrogen-bond acceptors (Lipinski definition) is 5. The van der Waals surface area contributed by atoms with Gasteiger partial charge in [-0.15, -0.1) is 0 Å². The Bertz CT molecular complexity index is 772. The van der Waals surface area contributed by atoms with Crippen LogP contribution >= 0.6 is 0 Å². The lowest BCUT2D eigenvalue weighted by atomic mass is 10.1. The van der Waals surface area contributed by atoms with Gasteiger partial charge in [0, 0.05) is 0 Å².